The molecule has 1 unspecified atom stereocenters. The van der Waals surface area contributed by atoms with Crippen LogP contribution in [0.5, 0.6) is 0 Å². The molecule has 3 rings (SSSR count). The minimum Gasteiger partial charge on any atom is -0.383 e. The minimum absolute atomic E-state index is 0.663. The molecule has 1 aliphatic rings. The maximum Gasteiger partial charge on any atom is 0.0949 e. The summed E-state index contributed by atoms with van der Waals surface area (Å²) in [7, 11) is 2.24. The van der Waals surface area contributed by atoms with Gasteiger partial charge in [-0.2, -0.15) is 0 Å². The molecule has 0 amide bonds. The minimum atomic E-state index is 0.663. The van der Waals surface area contributed by atoms with E-state index < -0.39 is 0 Å². The van der Waals surface area contributed by atoms with Gasteiger partial charge in [0.1, 0.15) is 0 Å². The normalized spacial score (nSPS) is 19.6. The highest BCUT2D eigenvalue weighted by molar-refractivity contribution is 5.46. The van der Waals surface area contributed by atoms with E-state index in [-0.39, 0.29) is 0 Å². The summed E-state index contributed by atoms with van der Waals surface area (Å²) in [6, 6.07) is 9.34. The van der Waals surface area contributed by atoms with Crippen LogP contribution >= 0.6 is 0 Å². The van der Waals surface area contributed by atoms with E-state index in [4.69, 9.17) is 0 Å². The largest absolute Gasteiger partial charge is 0.383 e. The number of nitrogens with zero attached hydrogens (tertiary/aromatic N) is 3. The second kappa shape index (κ2) is 6.76. The van der Waals surface area contributed by atoms with Crippen molar-refractivity contribution in [3.63, 3.8) is 0 Å². The molecule has 4 nitrogen and oxygen atoms in total. The van der Waals surface area contributed by atoms with Crippen molar-refractivity contribution < 1.29 is 0 Å². The van der Waals surface area contributed by atoms with Crippen LogP contribution < -0.4 is 5.32 Å². The lowest BCUT2D eigenvalue weighted by atomic mass is 10.0. The molecule has 1 N–H and O–H groups in total. The van der Waals surface area contributed by atoms with E-state index in [9.17, 15) is 0 Å². The Balaban J connectivity index is 1.58. The van der Waals surface area contributed by atoms with Crippen LogP contribution in [-0.4, -0.2) is 40.6 Å². The summed E-state index contributed by atoms with van der Waals surface area (Å²) < 4.78 is 2.09. The quantitative estimate of drug-likeness (QED) is 0.916. The predicted octanol–water partition coefficient (Wildman–Crippen LogP) is 2.83. The first kappa shape index (κ1) is 14.1. The Morgan fingerprint density at radius 3 is 3.10 bits per heavy atom. The first-order chi connectivity index (χ1) is 10.3. The molecule has 1 aromatic heterocycles. The average molecular weight is 284 g/mol. The van der Waals surface area contributed by atoms with Gasteiger partial charge in [0.15, 0.2) is 0 Å². The van der Waals surface area contributed by atoms with E-state index in [1.807, 2.05) is 18.7 Å². The zero-order valence-electron chi connectivity index (χ0n) is 12.7. The Hall–Kier alpha value is -1.81. The third-order valence-corrected chi connectivity index (χ3v) is 4.31. The maximum absolute atomic E-state index is 4.09. The SMILES string of the molecule is CN1CCCCC1CNc1cccc(Cn2ccnc2)c1. The molecule has 1 aromatic carbocycles. The van der Waals surface area contributed by atoms with Crippen LogP contribution in [0.2, 0.25) is 0 Å². The first-order valence-electron chi connectivity index (χ1n) is 7.80. The third kappa shape index (κ3) is 3.85. The highest BCUT2D eigenvalue weighted by Gasteiger charge is 2.18. The number of hydrogen-bond acceptors (Lipinski definition) is 3. The third-order valence-electron chi connectivity index (χ3n) is 4.31. The van der Waals surface area contributed by atoms with Gasteiger partial charge in [0.05, 0.1) is 6.33 Å². The number of piperidine rings is 1. The molecule has 0 bridgehead atoms. The second-order valence-electron chi connectivity index (χ2n) is 5.95. The summed E-state index contributed by atoms with van der Waals surface area (Å²) in [5.41, 5.74) is 2.52. The summed E-state index contributed by atoms with van der Waals surface area (Å²) in [6.45, 7) is 3.14. The molecule has 0 radical (unpaired) electrons. The second-order valence-corrected chi connectivity index (χ2v) is 5.95. The Morgan fingerprint density at radius 2 is 2.29 bits per heavy atom. The fraction of sp³-hybridized carbons (Fsp3) is 0.471. The van der Waals surface area contributed by atoms with Gasteiger partial charge in [0, 0.05) is 37.2 Å². The summed E-state index contributed by atoms with van der Waals surface area (Å²) in [5.74, 6) is 0. The smallest absolute Gasteiger partial charge is 0.0949 e. The molecule has 112 valence electrons. The van der Waals surface area contributed by atoms with Crippen LogP contribution in [-0.2, 0) is 6.54 Å². The predicted molar refractivity (Wildman–Crippen MR) is 86.5 cm³/mol. The van der Waals surface area contributed by atoms with Crippen molar-refractivity contribution in [2.45, 2.75) is 31.8 Å². The van der Waals surface area contributed by atoms with Crippen LogP contribution in [0.1, 0.15) is 24.8 Å². The van der Waals surface area contributed by atoms with Crippen molar-refractivity contribution in [1.29, 1.82) is 0 Å². The molecule has 0 saturated carbocycles. The number of aromatic nitrogens is 2. The van der Waals surface area contributed by atoms with Gasteiger partial charge < -0.3 is 14.8 Å². The standard InChI is InChI=1S/C17H24N4/c1-20-9-3-2-7-17(20)12-19-16-6-4-5-15(11-16)13-21-10-8-18-14-21/h4-6,8,10-11,14,17,19H,2-3,7,9,12-13H2,1H3. The van der Waals surface area contributed by atoms with Gasteiger partial charge in [-0.1, -0.05) is 18.6 Å². The number of benzene rings is 1. The van der Waals surface area contributed by atoms with E-state index in [0.29, 0.717) is 6.04 Å². The summed E-state index contributed by atoms with van der Waals surface area (Å²) >= 11 is 0. The number of nitrogens with one attached hydrogen (secondary N) is 1. The van der Waals surface area contributed by atoms with Crippen LogP contribution in [0.3, 0.4) is 0 Å². The monoisotopic (exact) mass is 284 g/mol. The Morgan fingerprint density at radius 1 is 1.33 bits per heavy atom. The Labute approximate surface area is 126 Å². The Kier molecular flexibility index (Phi) is 4.55. The van der Waals surface area contributed by atoms with Crippen molar-refractivity contribution in [3.8, 4) is 0 Å². The molecule has 0 aliphatic carbocycles. The molecular weight excluding hydrogens is 260 g/mol. The van der Waals surface area contributed by atoms with Crippen molar-refractivity contribution in [2.75, 3.05) is 25.5 Å². The van der Waals surface area contributed by atoms with E-state index >= 15 is 0 Å². The molecule has 1 saturated heterocycles. The molecule has 4 heteroatoms. The van der Waals surface area contributed by atoms with Crippen molar-refractivity contribution in [2.24, 2.45) is 0 Å². The van der Waals surface area contributed by atoms with Crippen molar-refractivity contribution in [1.82, 2.24) is 14.5 Å². The van der Waals surface area contributed by atoms with Gasteiger partial charge in [-0.3, -0.25) is 0 Å². The lowest BCUT2D eigenvalue weighted by Crippen LogP contribution is -2.40. The van der Waals surface area contributed by atoms with E-state index in [1.54, 1.807) is 0 Å². The lowest BCUT2D eigenvalue weighted by molar-refractivity contribution is 0.194. The van der Waals surface area contributed by atoms with Crippen molar-refractivity contribution >= 4 is 5.69 Å². The zero-order chi connectivity index (χ0) is 14.5. The number of anilines is 1. The van der Waals surface area contributed by atoms with Crippen LogP contribution in [0, 0.1) is 0 Å². The topological polar surface area (TPSA) is 33.1 Å². The number of likely N-dealkylation sites (N-methyl/N-ethyl adjacent to an activating group) is 1. The first-order valence-corrected chi connectivity index (χ1v) is 7.80. The van der Waals surface area contributed by atoms with Crippen molar-refractivity contribution in [3.05, 3.63) is 48.5 Å². The fourth-order valence-corrected chi connectivity index (χ4v) is 3.01. The van der Waals surface area contributed by atoms with E-state index in [1.165, 1.54) is 37.1 Å². The molecule has 0 spiro atoms. The summed E-state index contributed by atoms with van der Waals surface area (Å²) in [6.07, 6.45) is 9.68. The van der Waals surface area contributed by atoms with Gasteiger partial charge in [-0.05, 0) is 44.1 Å². The van der Waals surface area contributed by atoms with Gasteiger partial charge in [0.2, 0.25) is 0 Å². The molecule has 1 fully saturated rings. The number of likely N-dealkylation sites (tertiary alicyclic amines) is 1. The van der Waals surface area contributed by atoms with Crippen LogP contribution in [0.4, 0.5) is 5.69 Å². The molecule has 2 aromatic rings. The van der Waals surface area contributed by atoms with E-state index in [2.05, 4.69) is 51.1 Å². The van der Waals surface area contributed by atoms with Crippen LogP contribution in [0.25, 0.3) is 0 Å². The fourth-order valence-electron chi connectivity index (χ4n) is 3.01. The van der Waals surface area contributed by atoms with Gasteiger partial charge in [-0.25, -0.2) is 4.98 Å². The number of rotatable bonds is 5. The highest BCUT2D eigenvalue weighted by atomic mass is 15.2. The maximum atomic E-state index is 4.09. The molecule has 1 aliphatic heterocycles. The molecule has 21 heavy (non-hydrogen) atoms. The van der Waals surface area contributed by atoms with Gasteiger partial charge in [-0.15, -0.1) is 0 Å². The number of imidazole rings is 1. The summed E-state index contributed by atoms with van der Waals surface area (Å²) in [4.78, 5) is 6.57. The molecule has 2 heterocycles. The van der Waals surface area contributed by atoms with E-state index in [0.717, 1.165) is 13.1 Å². The Bertz CT molecular complexity index is 550. The average Bonchev–Trinajstić information content (AvgIpc) is 3.00. The summed E-state index contributed by atoms with van der Waals surface area (Å²) in [5, 5.41) is 3.60. The molecular formula is C17H24N4. The zero-order valence-corrected chi connectivity index (χ0v) is 12.7. The number of hydrogen-bond donors (Lipinski definition) is 1. The van der Waals surface area contributed by atoms with Crippen LogP contribution in [0.15, 0.2) is 43.0 Å². The van der Waals surface area contributed by atoms with Gasteiger partial charge >= 0.3 is 0 Å². The lowest BCUT2D eigenvalue weighted by Gasteiger charge is -2.32. The van der Waals surface area contributed by atoms with Gasteiger partial charge in [0.25, 0.3) is 0 Å². The molecule has 1 atom stereocenters. The highest BCUT2D eigenvalue weighted by Crippen LogP contribution is 2.17.